The highest BCUT2D eigenvalue weighted by atomic mass is 32.2. The van der Waals surface area contributed by atoms with Crippen LogP contribution >= 0.6 is 11.3 Å². The van der Waals surface area contributed by atoms with Crippen LogP contribution in [0.3, 0.4) is 0 Å². The number of nitrogens with one attached hydrogen (secondary N) is 2. The van der Waals surface area contributed by atoms with Crippen LogP contribution in [0.1, 0.15) is 19.4 Å². The Bertz CT molecular complexity index is 816. The summed E-state index contributed by atoms with van der Waals surface area (Å²) in [6, 6.07) is 7.38. The summed E-state index contributed by atoms with van der Waals surface area (Å²) in [5.41, 5.74) is 0.977. The molecule has 1 aromatic heterocycles. The lowest BCUT2D eigenvalue weighted by Gasteiger charge is -2.05. The minimum absolute atomic E-state index is 0.161. The first kappa shape index (κ1) is 19.3. The SMILES string of the molecule is COc1ccc(CCNS(=O)(=O)c2nnc(NC(=O)C(C)C)s2)cc1. The Hall–Kier alpha value is -2.04. The number of hydrogen-bond donors (Lipinski definition) is 2. The Balaban J connectivity index is 1.92. The first-order chi connectivity index (χ1) is 11.8. The number of rotatable bonds is 8. The van der Waals surface area contributed by atoms with Crippen LogP contribution in [0, 0.1) is 5.92 Å². The first-order valence-electron chi connectivity index (χ1n) is 7.59. The molecule has 0 radical (unpaired) electrons. The van der Waals surface area contributed by atoms with Gasteiger partial charge < -0.3 is 10.1 Å². The molecule has 0 fully saturated rings. The standard InChI is InChI=1S/C15H20N4O4S2/c1-10(2)13(20)17-14-18-19-15(24-14)25(21,22)16-9-8-11-4-6-12(23-3)7-5-11/h4-7,10,16H,8-9H2,1-3H3,(H,17,18,20). The molecule has 1 amide bonds. The molecule has 0 aliphatic heterocycles. The van der Waals surface area contributed by atoms with Gasteiger partial charge in [0.1, 0.15) is 5.75 Å². The lowest BCUT2D eigenvalue weighted by molar-refractivity contribution is -0.118. The monoisotopic (exact) mass is 384 g/mol. The molecule has 2 rings (SSSR count). The van der Waals surface area contributed by atoms with E-state index in [1.165, 1.54) is 0 Å². The molecule has 10 heteroatoms. The number of sulfonamides is 1. The zero-order valence-electron chi connectivity index (χ0n) is 14.1. The average molecular weight is 384 g/mol. The minimum atomic E-state index is -3.76. The molecule has 0 saturated carbocycles. The van der Waals surface area contributed by atoms with Crippen LogP contribution in [0.4, 0.5) is 5.13 Å². The van der Waals surface area contributed by atoms with Crippen molar-refractivity contribution in [3.63, 3.8) is 0 Å². The van der Waals surface area contributed by atoms with Gasteiger partial charge in [-0.2, -0.15) is 0 Å². The number of anilines is 1. The Morgan fingerprint density at radius 3 is 2.52 bits per heavy atom. The van der Waals surface area contributed by atoms with E-state index in [9.17, 15) is 13.2 Å². The maximum Gasteiger partial charge on any atom is 0.269 e. The number of benzene rings is 1. The second-order valence-corrected chi connectivity index (χ2v) is 8.43. The van der Waals surface area contributed by atoms with Crippen molar-refractivity contribution in [3.8, 4) is 5.75 Å². The van der Waals surface area contributed by atoms with E-state index in [4.69, 9.17) is 4.74 Å². The second-order valence-electron chi connectivity index (χ2n) is 5.51. The molecule has 0 bridgehead atoms. The summed E-state index contributed by atoms with van der Waals surface area (Å²) in [5.74, 6) is 0.272. The summed E-state index contributed by atoms with van der Waals surface area (Å²) in [4.78, 5) is 11.6. The number of carbonyl (C=O) groups excluding carboxylic acids is 1. The van der Waals surface area contributed by atoms with Gasteiger partial charge in [-0.15, -0.1) is 10.2 Å². The van der Waals surface area contributed by atoms with E-state index in [2.05, 4.69) is 20.2 Å². The first-order valence-corrected chi connectivity index (χ1v) is 9.89. The van der Waals surface area contributed by atoms with Crippen molar-refractivity contribution in [1.82, 2.24) is 14.9 Å². The van der Waals surface area contributed by atoms with Gasteiger partial charge in [0.25, 0.3) is 10.0 Å². The highest BCUT2D eigenvalue weighted by Crippen LogP contribution is 2.20. The van der Waals surface area contributed by atoms with Crippen LogP contribution in [-0.2, 0) is 21.2 Å². The van der Waals surface area contributed by atoms with E-state index in [1.807, 2.05) is 24.3 Å². The molecule has 0 atom stereocenters. The van der Waals surface area contributed by atoms with Gasteiger partial charge in [-0.3, -0.25) is 4.79 Å². The summed E-state index contributed by atoms with van der Waals surface area (Å²) in [7, 11) is -2.17. The number of ether oxygens (including phenoxy) is 1. The molecular formula is C15H20N4O4S2. The maximum atomic E-state index is 12.2. The third-order valence-electron chi connectivity index (χ3n) is 3.26. The number of hydrogen-bond acceptors (Lipinski definition) is 7. The molecule has 0 spiro atoms. The van der Waals surface area contributed by atoms with Crippen LogP contribution in [0.15, 0.2) is 28.6 Å². The van der Waals surface area contributed by atoms with Crippen molar-refractivity contribution in [1.29, 1.82) is 0 Å². The molecule has 0 saturated heterocycles. The number of aromatic nitrogens is 2. The molecule has 1 heterocycles. The van der Waals surface area contributed by atoms with Gasteiger partial charge in [0.05, 0.1) is 7.11 Å². The number of amides is 1. The highest BCUT2D eigenvalue weighted by molar-refractivity contribution is 7.91. The summed E-state index contributed by atoms with van der Waals surface area (Å²) in [6.07, 6.45) is 0.527. The van der Waals surface area contributed by atoms with Crippen LogP contribution in [0.25, 0.3) is 0 Å². The second kappa shape index (κ2) is 8.37. The fourth-order valence-electron chi connectivity index (χ4n) is 1.80. The molecule has 0 aliphatic rings. The van der Waals surface area contributed by atoms with Gasteiger partial charge in [-0.1, -0.05) is 37.3 Å². The van der Waals surface area contributed by atoms with E-state index in [1.54, 1.807) is 21.0 Å². The molecule has 2 aromatic rings. The molecule has 136 valence electrons. The Morgan fingerprint density at radius 2 is 1.92 bits per heavy atom. The maximum absolute atomic E-state index is 12.2. The third kappa shape index (κ3) is 5.48. The van der Waals surface area contributed by atoms with Crippen LogP contribution in [0.2, 0.25) is 0 Å². The van der Waals surface area contributed by atoms with Crippen molar-refractivity contribution < 1.29 is 17.9 Å². The summed E-state index contributed by atoms with van der Waals surface area (Å²) < 4.78 is 31.8. The Labute approximate surface area is 150 Å². The third-order valence-corrected chi connectivity index (χ3v) is 5.92. The molecule has 25 heavy (non-hydrogen) atoms. The fourth-order valence-corrected chi connectivity index (χ4v) is 3.78. The topological polar surface area (TPSA) is 110 Å². The van der Waals surface area contributed by atoms with E-state index in [0.717, 1.165) is 22.6 Å². The van der Waals surface area contributed by atoms with E-state index >= 15 is 0 Å². The van der Waals surface area contributed by atoms with Crippen molar-refractivity contribution in [2.75, 3.05) is 19.0 Å². The molecule has 8 nitrogen and oxygen atoms in total. The summed E-state index contributed by atoms with van der Waals surface area (Å²) in [5, 5.41) is 10.0. The van der Waals surface area contributed by atoms with Crippen molar-refractivity contribution >= 4 is 32.4 Å². The average Bonchev–Trinajstić information content (AvgIpc) is 3.04. The van der Waals surface area contributed by atoms with Gasteiger partial charge in [0.2, 0.25) is 15.4 Å². The lowest BCUT2D eigenvalue weighted by Crippen LogP contribution is -2.25. The van der Waals surface area contributed by atoms with Crippen molar-refractivity contribution in [2.45, 2.75) is 24.6 Å². The normalized spacial score (nSPS) is 11.5. The number of carbonyl (C=O) groups is 1. The van der Waals surface area contributed by atoms with E-state index in [-0.39, 0.29) is 27.8 Å². The zero-order chi connectivity index (χ0) is 18.4. The van der Waals surface area contributed by atoms with Crippen LogP contribution in [-0.4, -0.2) is 38.2 Å². The number of methoxy groups -OCH3 is 1. The van der Waals surface area contributed by atoms with E-state index < -0.39 is 10.0 Å². The minimum Gasteiger partial charge on any atom is -0.497 e. The predicted octanol–water partition coefficient (Wildman–Crippen LogP) is 1.66. The Morgan fingerprint density at radius 1 is 1.24 bits per heavy atom. The highest BCUT2D eigenvalue weighted by Gasteiger charge is 2.21. The van der Waals surface area contributed by atoms with Crippen LogP contribution in [0.5, 0.6) is 5.75 Å². The smallest absolute Gasteiger partial charge is 0.269 e. The summed E-state index contributed by atoms with van der Waals surface area (Å²) in [6.45, 7) is 3.69. The lowest BCUT2D eigenvalue weighted by atomic mass is 10.1. The molecule has 0 unspecified atom stereocenters. The van der Waals surface area contributed by atoms with Gasteiger partial charge in [-0.05, 0) is 24.1 Å². The van der Waals surface area contributed by atoms with Gasteiger partial charge >= 0.3 is 0 Å². The zero-order valence-corrected chi connectivity index (χ0v) is 15.8. The van der Waals surface area contributed by atoms with Crippen molar-refractivity contribution in [2.24, 2.45) is 5.92 Å². The predicted molar refractivity (Wildman–Crippen MR) is 95.3 cm³/mol. The van der Waals surface area contributed by atoms with Crippen molar-refractivity contribution in [3.05, 3.63) is 29.8 Å². The van der Waals surface area contributed by atoms with E-state index in [0.29, 0.717) is 6.42 Å². The fraction of sp³-hybridized carbons (Fsp3) is 0.400. The molecule has 2 N–H and O–H groups in total. The van der Waals surface area contributed by atoms with Gasteiger partial charge in [0.15, 0.2) is 0 Å². The summed E-state index contributed by atoms with van der Waals surface area (Å²) >= 11 is 0.816. The molecule has 0 aliphatic carbocycles. The molecule has 1 aromatic carbocycles. The van der Waals surface area contributed by atoms with Gasteiger partial charge in [0, 0.05) is 12.5 Å². The largest absolute Gasteiger partial charge is 0.497 e. The van der Waals surface area contributed by atoms with Crippen LogP contribution < -0.4 is 14.8 Å². The number of nitrogens with zero attached hydrogens (tertiary/aromatic N) is 2. The van der Waals surface area contributed by atoms with Gasteiger partial charge in [-0.25, -0.2) is 13.1 Å². The quantitative estimate of drug-likeness (QED) is 0.670. The molecular weight excluding hydrogens is 364 g/mol. The Kier molecular flexibility index (Phi) is 6.45.